The Hall–Kier alpha value is -7.06. The van der Waals surface area contributed by atoms with Gasteiger partial charge < -0.3 is 9.47 Å². The molecule has 10 rings (SSSR count). The summed E-state index contributed by atoms with van der Waals surface area (Å²) in [6.07, 6.45) is -12.9. The van der Waals surface area contributed by atoms with Crippen LogP contribution in [-0.4, -0.2) is 13.7 Å². The molecule has 0 saturated heterocycles. The van der Waals surface area contributed by atoms with Crippen LogP contribution in [-0.2, 0) is 18.5 Å². The molecule has 10 aromatic carbocycles. The third-order valence-corrected chi connectivity index (χ3v) is 18.4. The highest BCUT2D eigenvalue weighted by Gasteiger charge is 2.34. The van der Waals surface area contributed by atoms with E-state index in [4.69, 9.17) is 51.1 Å². The predicted octanol–water partition coefficient (Wildman–Crippen LogP) is 31.6. The number of rotatable bonds is 3. The smallest absolute Gasteiger partial charge is 0.416 e. The van der Waals surface area contributed by atoms with Gasteiger partial charge in [-0.15, -0.1) is 0 Å². The van der Waals surface area contributed by atoms with Crippen molar-refractivity contribution in [3.8, 4) is 11.5 Å². The van der Waals surface area contributed by atoms with Gasteiger partial charge in [-0.2, -0.15) is 48.3 Å². The van der Waals surface area contributed by atoms with Crippen LogP contribution < -0.4 is 9.47 Å². The van der Waals surface area contributed by atoms with Crippen molar-refractivity contribution < 1.29 is 70.9 Å². The van der Waals surface area contributed by atoms with Crippen molar-refractivity contribution in [2.24, 2.45) is 0 Å². The van der Waals surface area contributed by atoms with Crippen molar-refractivity contribution in [2.45, 2.75) is 171 Å². The Morgan fingerprint density at radius 1 is 0.296 bits per heavy atom. The first-order valence-electron chi connectivity index (χ1n) is 33.1. The molecule has 0 bridgehead atoms. The second-order valence-electron chi connectivity index (χ2n) is 25.8. The molecule has 2 nitrogen and oxygen atoms in total. The fraction of sp³-hybridized carbons (Fsp3) is 0.302. The molecule has 108 heavy (non-hydrogen) atoms. The Balaban J connectivity index is 0.000000601. The zero-order chi connectivity index (χ0) is 83.4. The summed E-state index contributed by atoms with van der Waals surface area (Å²) >= 11 is 29.9. The highest BCUT2D eigenvalue weighted by molar-refractivity contribution is 9.10. The van der Waals surface area contributed by atoms with Crippen molar-refractivity contribution in [1.29, 1.82) is 0 Å². The molecular weight excluding hydrogens is 1630 g/mol. The van der Waals surface area contributed by atoms with Gasteiger partial charge in [-0.1, -0.05) is 150 Å². The maximum absolute atomic E-state index is 12.9. The van der Waals surface area contributed by atoms with E-state index in [-0.39, 0.29) is 34.1 Å². The fourth-order valence-corrected chi connectivity index (χ4v) is 11.8. The molecule has 0 aliphatic heterocycles. The van der Waals surface area contributed by atoms with E-state index in [2.05, 4.69) is 94.6 Å². The van der Waals surface area contributed by atoms with Crippen LogP contribution >= 0.6 is 78.3 Å². The van der Waals surface area contributed by atoms with Crippen LogP contribution in [0, 0.1) is 163 Å². The molecule has 0 atom stereocenters. The molecule has 0 unspecified atom stereocenters. The van der Waals surface area contributed by atoms with Crippen molar-refractivity contribution in [3.63, 3.8) is 0 Å². The van der Waals surface area contributed by atoms with Crippen LogP contribution in [0.15, 0.2) is 161 Å². The van der Waals surface area contributed by atoms with E-state index in [1.165, 1.54) is 75.5 Å². The van der Waals surface area contributed by atoms with Crippen molar-refractivity contribution >= 4 is 78.3 Å². The quantitative estimate of drug-likeness (QED) is 0.164. The Kier molecular flexibility index (Phi) is 42.1. The van der Waals surface area contributed by atoms with Crippen molar-refractivity contribution in [2.75, 3.05) is 7.11 Å². The van der Waals surface area contributed by atoms with Crippen LogP contribution in [0.3, 0.4) is 0 Å². The minimum atomic E-state index is -4.48. The Labute approximate surface area is 665 Å². The van der Waals surface area contributed by atoms with E-state index >= 15 is 0 Å². The Morgan fingerprint density at radius 3 is 0.991 bits per heavy atom. The lowest BCUT2D eigenvalue weighted by molar-refractivity contribution is -0.139. The molecule has 0 radical (unpaired) electrons. The third kappa shape index (κ3) is 37.1. The second kappa shape index (κ2) is 45.9. The number of hydrogen-bond donors (Lipinski definition) is 0. The number of benzene rings is 10. The zero-order valence-electron chi connectivity index (χ0n) is 64.4. The largest absolute Gasteiger partial charge is 0.496 e. The van der Waals surface area contributed by atoms with Gasteiger partial charge in [-0.3, -0.25) is 0 Å². The van der Waals surface area contributed by atoms with E-state index in [9.17, 15) is 61.5 Å². The summed E-state index contributed by atoms with van der Waals surface area (Å²) in [6.45, 7) is 35.3. The molecule has 0 fully saturated rings. The summed E-state index contributed by atoms with van der Waals surface area (Å²) in [5.74, 6) is 0.0363. The normalized spacial score (nSPS) is 10.6. The molecule has 0 N–H and O–H groups in total. The first-order valence-corrected chi connectivity index (χ1v) is 36.2. The molecule has 0 heterocycles. The minimum absolute atomic E-state index is 0.146. The molecule has 0 saturated carbocycles. The minimum Gasteiger partial charge on any atom is -0.496 e. The zero-order valence-corrected chi connectivity index (χ0v) is 70.6. The Morgan fingerprint density at radius 2 is 0.620 bits per heavy atom. The summed E-state index contributed by atoms with van der Waals surface area (Å²) in [5.41, 5.74) is 15.7. The van der Waals surface area contributed by atoms with E-state index < -0.39 is 47.6 Å². The molecule has 588 valence electrons. The fourth-order valence-electron chi connectivity index (χ4n) is 9.37. The molecule has 0 aliphatic rings. The van der Waals surface area contributed by atoms with Gasteiger partial charge in [-0.25, -0.2) is 13.2 Å². The number of aryl methyl sites for hydroxylation is 16. The molecule has 0 aliphatic carbocycles. The van der Waals surface area contributed by atoms with Gasteiger partial charge in [-0.05, 0) is 337 Å². The van der Waals surface area contributed by atoms with Crippen LogP contribution in [0.25, 0.3) is 0 Å². The highest BCUT2D eigenvalue weighted by atomic mass is 79.9. The Bertz CT molecular complexity index is 4170. The lowest BCUT2D eigenvalue weighted by atomic mass is 10.0. The topological polar surface area (TPSA) is 18.5 Å². The van der Waals surface area contributed by atoms with Crippen LogP contribution in [0.5, 0.6) is 11.5 Å². The molecule has 0 spiro atoms. The number of hydrogen-bond acceptors (Lipinski definition) is 2. The summed E-state index contributed by atoms with van der Waals surface area (Å²) in [6, 6.07) is 42.6. The molecular formula is C86H92Br2Cl4F14O2. The van der Waals surface area contributed by atoms with E-state index in [0.29, 0.717) is 32.8 Å². The summed E-state index contributed by atoms with van der Waals surface area (Å²) < 4.78 is 183. The van der Waals surface area contributed by atoms with Crippen molar-refractivity contribution in [3.05, 3.63) is 332 Å². The SMILES string of the molecule is COc1cc(C)ccc1C.Cc1cc(C)c(C)c(Br)c1.Cc1cc(C)cc(C(F)(F)F)c1.Cc1cc(C)cc(Cl)c1.Cc1cc(Cl)c(C)c(Cl)c1.Cc1cc(F)c(C)c(Br)c1.Cc1cc(F)c(C)c(C(F)(F)F)c1.Cc1cc(F)c(C)c(Cl)c1.Cc1ccc(C)c(C(F)(F)F)c1.Cc1ccc(C)c(OC(F)F)c1. The van der Waals surface area contributed by atoms with Gasteiger partial charge in [0.05, 0.1) is 23.8 Å². The number of alkyl halides is 11. The molecule has 10 aromatic rings. The van der Waals surface area contributed by atoms with Gasteiger partial charge in [0.1, 0.15) is 29.0 Å². The van der Waals surface area contributed by atoms with E-state index in [0.717, 1.165) is 95.9 Å². The average Bonchev–Trinajstić information content (AvgIpc) is 0.817. The number of methoxy groups -OCH3 is 1. The molecule has 22 heteroatoms. The standard InChI is InChI=1S/C9H11Br.C9H8F4.2C9H9F3.C9H10F2O.C9H12O.C8H8BrF.C8H8Cl2.C8H8ClF.C8H9Cl/c1-6-4-7(2)8(3)9(10)5-6;1-5-3-7(9(11,12)13)6(2)8(10)4-5;1-6-3-7(2)5-8(4-6)9(10,11)12;1-6-3-4-7(2)8(5-6)9(10,11)12;1-6-3-4-7(2)8(5-6)12-9(10)11;1-7-4-5-8(2)9(6-7)10-3;3*1-5-3-7(9)6(2)8(10)4-5;1-6-3-7(2)5-8(9)4-6/h4-5H,1-3H3;3-4H,1-2H3;2*3-5H,1-2H3;3-5,9H,1-2H3;4-6H,1-3H3;3*3-4H,1-2H3;3-5H,1-2H3. The summed E-state index contributed by atoms with van der Waals surface area (Å²) in [7, 11) is 1.70. The van der Waals surface area contributed by atoms with Gasteiger partial charge in [0.25, 0.3) is 0 Å². The number of halogens is 20. The molecule has 0 amide bonds. The highest BCUT2D eigenvalue weighted by Crippen LogP contribution is 2.35. The van der Waals surface area contributed by atoms with Gasteiger partial charge >= 0.3 is 25.1 Å². The molecule has 0 aromatic heterocycles. The van der Waals surface area contributed by atoms with Gasteiger partial charge in [0, 0.05) is 34.6 Å². The van der Waals surface area contributed by atoms with Crippen LogP contribution in [0.4, 0.5) is 61.5 Å². The summed E-state index contributed by atoms with van der Waals surface area (Å²) in [4.78, 5) is 0. The maximum atomic E-state index is 12.9. The number of ether oxygens (including phenoxy) is 2. The lowest BCUT2D eigenvalue weighted by Crippen LogP contribution is -2.09. The van der Waals surface area contributed by atoms with E-state index in [1.807, 2.05) is 97.9 Å². The second-order valence-corrected chi connectivity index (χ2v) is 29.1. The maximum Gasteiger partial charge on any atom is 0.416 e. The lowest BCUT2D eigenvalue weighted by Gasteiger charge is -2.11. The predicted molar refractivity (Wildman–Crippen MR) is 427 cm³/mol. The first-order chi connectivity index (χ1) is 49.6. The van der Waals surface area contributed by atoms with Gasteiger partial charge in [0.15, 0.2) is 0 Å². The first kappa shape index (κ1) is 98.9. The van der Waals surface area contributed by atoms with Crippen molar-refractivity contribution in [1.82, 2.24) is 0 Å². The third-order valence-electron chi connectivity index (χ3n) is 15.4. The van der Waals surface area contributed by atoms with Crippen LogP contribution in [0.1, 0.15) is 134 Å². The van der Waals surface area contributed by atoms with Crippen LogP contribution in [0.2, 0.25) is 20.1 Å². The summed E-state index contributed by atoms with van der Waals surface area (Å²) in [5, 5.41) is 2.81. The van der Waals surface area contributed by atoms with E-state index in [1.54, 1.807) is 79.0 Å². The van der Waals surface area contributed by atoms with Gasteiger partial charge in [0.2, 0.25) is 0 Å². The average molecular weight is 1730 g/mol. The monoisotopic (exact) mass is 1720 g/mol.